The van der Waals surface area contributed by atoms with Gasteiger partial charge in [0, 0.05) is 75.1 Å². The number of non-ortho nitro benzene ring substituents is 1. The van der Waals surface area contributed by atoms with E-state index in [-0.39, 0.29) is 40.6 Å². The number of hydrogen-bond donors (Lipinski definition) is 0. The second-order valence-electron chi connectivity index (χ2n) is 8.69. The summed E-state index contributed by atoms with van der Waals surface area (Å²) < 4.78 is 9.28. The molecule has 0 spiro atoms. The summed E-state index contributed by atoms with van der Waals surface area (Å²) >= 11 is 3.33. The Morgan fingerprint density at radius 1 is 1.00 bits per heavy atom. The molecule has 0 bridgehead atoms. The Hall–Kier alpha value is -3.77. The molecule has 0 saturated carbocycles. The van der Waals surface area contributed by atoms with Gasteiger partial charge in [-0.2, -0.15) is 0 Å². The van der Waals surface area contributed by atoms with Crippen molar-refractivity contribution in [2.24, 2.45) is 14.1 Å². The number of ether oxygens (including phenoxy) is 1. The van der Waals surface area contributed by atoms with Gasteiger partial charge in [0.15, 0.2) is 5.78 Å². The van der Waals surface area contributed by atoms with Gasteiger partial charge >= 0.3 is 5.69 Å². The maximum Gasteiger partial charge on any atom is 0.332 e. The van der Waals surface area contributed by atoms with Gasteiger partial charge in [-0.15, -0.1) is 0 Å². The fraction of sp³-hybridized carbons (Fsp3) is 0.320. The Kier molecular flexibility index (Phi) is 7.89. The maximum atomic E-state index is 13.1. The van der Waals surface area contributed by atoms with E-state index in [4.69, 9.17) is 4.74 Å². The summed E-state index contributed by atoms with van der Waals surface area (Å²) in [5.41, 5.74) is -0.364. The molecule has 37 heavy (non-hydrogen) atoms. The molecule has 2 heterocycles. The number of piperazine rings is 1. The third-order valence-corrected chi connectivity index (χ3v) is 6.92. The molecule has 3 aromatic rings. The predicted octanol–water partition coefficient (Wildman–Crippen LogP) is 2.19. The summed E-state index contributed by atoms with van der Waals surface area (Å²) in [6.07, 6.45) is 0. The van der Waals surface area contributed by atoms with Crippen LogP contribution >= 0.6 is 15.9 Å². The van der Waals surface area contributed by atoms with E-state index in [1.165, 1.54) is 35.9 Å². The van der Waals surface area contributed by atoms with E-state index in [0.717, 1.165) is 9.04 Å². The first-order chi connectivity index (χ1) is 17.7. The van der Waals surface area contributed by atoms with Gasteiger partial charge in [0.05, 0.1) is 10.5 Å². The Balaban J connectivity index is 1.40. The number of nitro benzene ring substituents is 1. The van der Waals surface area contributed by atoms with E-state index < -0.39 is 4.92 Å². The number of aromatic nitrogens is 2. The highest BCUT2D eigenvalue weighted by Gasteiger charge is 2.22. The molecule has 0 N–H and O–H groups in total. The van der Waals surface area contributed by atoms with Gasteiger partial charge in [0.2, 0.25) is 0 Å². The molecule has 1 aliphatic heterocycles. The van der Waals surface area contributed by atoms with E-state index in [2.05, 4.69) is 20.8 Å². The lowest BCUT2D eigenvalue weighted by Gasteiger charge is -2.36. The first-order valence-electron chi connectivity index (χ1n) is 11.6. The summed E-state index contributed by atoms with van der Waals surface area (Å²) in [5, 5.41) is 11.3. The maximum absolute atomic E-state index is 13.1. The topological polar surface area (TPSA) is 120 Å². The molecule has 11 nitrogen and oxygen atoms in total. The van der Waals surface area contributed by atoms with Crippen molar-refractivity contribution in [1.82, 2.24) is 14.0 Å². The number of carbonyl (C=O) groups is 1. The summed E-state index contributed by atoms with van der Waals surface area (Å²) in [6, 6.07) is 12.2. The van der Waals surface area contributed by atoms with Crippen LogP contribution in [0, 0.1) is 10.1 Å². The minimum atomic E-state index is -0.542. The number of nitrogens with zero attached hydrogens (tertiary/aromatic N) is 5. The summed E-state index contributed by atoms with van der Waals surface area (Å²) in [5.74, 6) is 0.512. The number of ketones is 1. The molecule has 0 aliphatic carbocycles. The van der Waals surface area contributed by atoms with E-state index in [1.807, 2.05) is 4.90 Å². The lowest BCUT2D eigenvalue weighted by molar-refractivity contribution is -0.384. The Morgan fingerprint density at radius 3 is 2.32 bits per heavy atom. The Morgan fingerprint density at radius 2 is 1.68 bits per heavy atom. The van der Waals surface area contributed by atoms with Crippen molar-refractivity contribution in [3.63, 3.8) is 0 Å². The molecule has 0 amide bonds. The third kappa shape index (κ3) is 5.81. The average molecular weight is 572 g/mol. The van der Waals surface area contributed by atoms with Crippen molar-refractivity contribution < 1.29 is 14.5 Å². The van der Waals surface area contributed by atoms with Crippen molar-refractivity contribution in [3.8, 4) is 5.75 Å². The molecular formula is C25H26BrN5O6. The normalized spacial score (nSPS) is 14.0. The monoisotopic (exact) mass is 571 g/mol. The summed E-state index contributed by atoms with van der Waals surface area (Å²) in [6.45, 7) is 3.50. The lowest BCUT2D eigenvalue weighted by atomic mass is 10.0. The van der Waals surface area contributed by atoms with Gasteiger partial charge in [0.1, 0.15) is 18.2 Å². The van der Waals surface area contributed by atoms with Gasteiger partial charge in [-0.3, -0.25) is 33.7 Å². The van der Waals surface area contributed by atoms with Crippen LogP contribution < -0.4 is 20.9 Å². The summed E-state index contributed by atoms with van der Waals surface area (Å²) in [4.78, 5) is 52.3. The van der Waals surface area contributed by atoms with Crippen LogP contribution in [0.2, 0.25) is 0 Å². The van der Waals surface area contributed by atoms with Crippen LogP contribution in [0.25, 0.3) is 0 Å². The number of benzene rings is 2. The number of nitro groups is 1. The molecule has 194 valence electrons. The van der Waals surface area contributed by atoms with Crippen molar-refractivity contribution in [1.29, 1.82) is 0 Å². The number of halogens is 1. The van der Waals surface area contributed by atoms with E-state index in [9.17, 15) is 24.5 Å². The zero-order chi connectivity index (χ0) is 26.7. The van der Waals surface area contributed by atoms with Crippen LogP contribution in [-0.2, 0) is 14.1 Å². The van der Waals surface area contributed by atoms with E-state index >= 15 is 0 Å². The first-order valence-corrected chi connectivity index (χ1v) is 12.4. The molecule has 0 radical (unpaired) electrons. The lowest BCUT2D eigenvalue weighted by Crippen LogP contribution is -2.50. The minimum absolute atomic E-state index is 0.132. The Bertz CT molecular complexity index is 1440. The minimum Gasteiger partial charge on any atom is -0.491 e. The van der Waals surface area contributed by atoms with Crippen LogP contribution in [0.5, 0.6) is 5.75 Å². The van der Waals surface area contributed by atoms with Crippen molar-refractivity contribution >= 4 is 33.2 Å². The number of rotatable bonds is 8. The van der Waals surface area contributed by atoms with Crippen LogP contribution in [0.4, 0.5) is 11.5 Å². The number of hydrogen-bond acceptors (Lipinski definition) is 8. The molecule has 0 atom stereocenters. The highest BCUT2D eigenvalue weighted by atomic mass is 79.9. The van der Waals surface area contributed by atoms with Gasteiger partial charge < -0.3 is 9.64 Å². The highest BCUT2D eigenvalue weighted by molar-refractivity contribution is 9.10. The third-order valence-electron chi connectivity index (χ3n) is 6.39. The molecule has 0 unspecified atom stereocenters. The molecule has 1 saturated heterocycles. The van der Waals surface area contributed by atoms with Gasteiger partial charge in [0.25, 0.3) is 11.2 Å². The zero-order valence-corrected chi connectivity index (χ0v) is 22.0. The quantitative estimate of drug-likeness (QED) is 0.229. The van der Waals surface area contributed by atoms with Crippen LogP contribution in [0.3, 0.4) is 0 Å². The highest BCUT2D eigenvalue weighted by Crippen LogP contribution is 2.27. The van der Waals surface area contributed by atoms with Crippen molar-refractivity contribution in [2.75, 3.05) is 44.2 Å². The smallest absolute Gasteiger partial charge is 0.332 e. The van der Waals surface area contributed by atoms with Crippen molar-refractivity contribution in [2.45, 2.75) is 0 Å². The standard InChI is InChI=1S/C25H26BrN5O6/c1-27-22(16-23(32)28(2)25(27)34)30-11-9-29(10-12-30)13-14-37-21-8-7-19(31(35)36)15-20(21)24(33)17-3-5-18(26)6-4-17/h3-8,15-16H,9-14H2,1-2H3. The molecule has 12 heteroatoms. The first kappa shape index (κ1) is 26.3. The van der Waals surface area contributed by atoms with Gasteiger partial charge in [-0.1, -0.05) is 15.9 Å². The fourth-order valence-electron chi connectivity index (χ4n) is 4.20. The van der Waals surface area contributed by atoms with Gasteiger partial charge in [-0.05, 0) is 30.3 Å². The number of carbonyl (C=O) groups excluding carboxylic acids is 1. The number of anilines is 1. The molecular weight excluding hydrogens is 546 g/mol. The van der Waals surface area contributed by atoms with Gasteiger partial charge in [-0.25, -0.2) is 4.79 Å². The SMILES string of the molecule is Cn1c(N2CCN(CCOc3ccc([N+](=O)[O-])cc3C(=O)c3ccc(Br)cc3)CC2)cc(=O)n(C)c1=O. The largest absolute Gasteiger partial charge is 0.491 e. The van der Waals surface area contributed by atoms with Crippen molar-refractivity contribution in [3.05, 3.63) is 95.1 Å². The van der Waals surface area contributed by atoms with Crippen LogP contribution in [0.15, 0.2) is 62.6 Å². The van der Waals surface area contributed by atoms with Crippen LogP contribution in [-0.4, -0.2) is 64.1 Å². The molecule has 1 aromatic heterocycles. The second kappa shape index (κ2) is 11.1. The molecule has 2 aromatic carbocycles. The Labute approximate surface area is 220 Å². The fourth-order valence-corrected chi connectivity index (χ4v) is 4.47. The molecule has 4 rings (SSSR count). The van der Waals surface area contributed by atoms with E-state index in [1.54, 1.807) is 31.3 Å². The van der Waals surface area contributed by atoms with Crippen LogP contribution in [0.1, 0.15) is 15.9 Å². The average Bonchev–Trinajstić information content (AvgIpc) is 2.90. The summed E-state index contributed by atoms with van der Waals surface area (Å²) in [7, 11) is 3.10. The molecule has 1 aliphatic rings. The van der Waals surface area contributed by atoms with E-state index in [0.29, 0.717) is 44.1 Å². The molecule has 1 fully saturated rings. The zero-order valence-electron chi connectivity index (χ0n) is 20.4. The predicted molar refractivity (Wildman–Crippen MR) is 142 cm³/mol. The second-order valence-corrected chi connectivity index (χ2v) is 9.61.